The molecule has 3 N–H and O–H groups in total. The number of carbonyl (C=O) groups excluding carboxylic acids is 1. The van der Waals surface area contributed by atoms with Gasteiger partial charge in [-0.05, 0) is 37.8 Å². The van der Waals surface area contributed by atoms with Crippen LogP contribution < -0.4 is 11.1 Å². The maximum Gasteiger partial charge on any atom is 0.234 e. The maximum absolute atomic E-state index is 12.3. The molecule has 0 radical (unpaired) electrons. The maximum atomic E-state index is 12.3. The summed E-state index contributed by atoms with van der Waals surface area (Å²) in [7, 11) is 0. The van der Waals surface area contributed by atoms with E-state index in [4.69, 9.17) is 5.73 Å². The first-order valence-electron chi connectivity index (χ1n) is 8.68. The van der Waals surface area contributed by atoms with Gasteiger partial charge in [-0.25, -0.2) is 0 Å². The molecule has 1 rings (SSSR count). The molecule has 1 fully saturated rings. The highest BCUT2D eigenvalue weighted by atomic mass is 16.2. The largest absolute Gasteiger partial charge is 0.352 e. The molecule has 0 aromatic heterocycles. The van der Waals surface area contributed by atoms with Gasteiger partial charge >= 0.3 is 0 Å². The van der Waals surface area contributed by atoms with Gasteiger partial charge in [0.1, 0.15) is 0 Å². The molecule has 1 aliphatic carbocycles. The highest BCUT2D eigenvalue weighted by Gasteiger charge is 2.22. The zero-order valence-electron chi connectivity index (χ0n) is 14.3. The summed E-state index contributed by atoms with van der Waals surface area (Å²) in [5.41, 5.74) is 5.89. The Morgan fingerprint density at radius 2 is 1.86 bits per heavy atom. The van der Waals surface area contributed by atoms with E-state index in [0.29, 0.717) is 19.1 Å². The summed E-state index contributed by atoms with van der Waals surface area (Å²) < 4.78 is 0. The first-order chi connectivity index (χ1) is 9.96. The molecule has 0 unspecified atom stereocenters. The number of rotatable bonds is 8. The van der Waals surface area contributed by atoms with E-state index >= 15 is 0 Å². The predicted octanol–water partition coefficient (Wildman–Crippen LogP) is 2.52. The van der Waals surface area contributed by atoms with Gasteiger partial charge in [0.15, 0.2) is 0 Å². The average molecular weight is 297 g/mol. The minimum atomic E-state index is 0.0672. The van der Waals surface area contributed by atoms with Gasteiger partial charge < -0.3 is 11.1 Å². The van der Waals surface area contributed by atoms with Crippen LogP contribution in [0.1, 0.15) is 65.7 Å². The van der Waals surface area contributed by atoms with E-state index in [0.717, 1.165) is 32.4 Å². The van der Waals surface area contributed by atoms with Crippen LogP contribution in [0.4, 0.5) is 0 Å². The first-order valence-corrected chi connectivity index (χ1v) is 8.68. The topological polar surface area (TPSA) is 58.4 Å². The Morgan fingerprint density at radius 3 is 2.38 bits per heavy atom. The SMILES string of the molecule is CCCN(CC(=O)NC1CCCCCC1)CC(C)(C)CN. The van der Waals surface area contributed by atoms with Gasteiger partial charge in [0.25, 0.3) is 0 Å². The van der Waals surface area contributed by atoms with Crippen LogP contribution in [-0.4, -0.2) is 43.0 Å². The zero-order chi connectivity index (χ0) is 15.7. The van der Waals surface area contributed by atoms with Gasteiger partial charge in [0, 0.05) is 12.6 Å². The quantitative estimate of drug-likeness (QED) is 0.677. The van der Waals surface area contributed by atoms with Crippen LogP contribution in [0.3, 0.4) is 0 Å². The first kappa shape index (κ1) is 18.4. The van der Waals surface area contributed by atoms with Crippen molar-refractivity contribution in [3.63, 3.8) is 0 Å². The Bertz CT molecular complexity index is 296. The van der Waals surface area contributed by atoms with Crippen molar-refractivity contribution >= 4 is 5.91 Å². The molecule has 1 amide bonds. The Hall–Kier alpha value is -0.610. The van der Waals surface area contributed by atoms with E-state index in [-0.39, 0.29) is 11.3 Å². The molecule has 0 aromatic carbocycles. The van der Waals surface area contributed by atoms with Gasteiger partial charge in [-0.3, -0.25) is 9.69 Å². The van der Waals surface area contributed by atoms with Gasteiger partial charge in [0.05, 0.1) is 6.54 Å². The van der Waals surface area contributed by atoms with E-state index in [2.05, 4.69) is 31.0 Å². The number of amides is 1. The number of nitrogens with one attached hydrogen (secondary N) is 1. The van der Waals surface area contributed by atoms with Crippen LogP contribution in [0.15, 0.2) is 0 Å². The van der Waals surface area contributed by atoms with E-state index < -0.39 is 0 Å². The minimum Gasteiger partial charge on any atom is -0.352 e. The zero-order valence-corrected chi connectivity index (χ0v) is 14.3. The van der Waals surface area contributed by atoms with Gasteiger partial charge in [0.2, 0.25) is 5.91 Å². The highest BCUT2D eigenvalue weighted by Crippen LogP contribution is 2.18. The third kappa shape index (κ3) is 7.82. The molecule has 1 aliphatic rings. The molecule has 21 heavy (non-hydrogen) atoms. The Balaban J connectivity index is 2.43. The summed E-state index contributed by atoms with van der Waals surface area (Å²) in [6, 6.07) is 0.394. The number of nitrogens with two attached hydrogens (primary N) is 1. The number of hydrogen-bond acceptors (Lipinski definition) is 3. The molecule has 124 valence electrons. The molecule has 1 saturated carbocycles. The van der Waals surface area contributed by atoms with Crippen LogP contribution in [0.2, 0.25) is 0 Å². The second-order valence-electron chi connectivity index (χ2n) is 7.33. The third-order valence-electron chi connectivity index (χ3n) is 4.33. The summed E-state index contributed by atoms with van der Waals surface area (Å²) in [6.45, 7) is 9.49. The molecule has 0 aliphatic heterocycles. The number of nitrogens with zero attached hydrogens (tertiary/aromatic N) is 1. The lowest BCUT2D eigenvalue weighted by Crippen LogP contribution is -2.46. The summed E-state index contributed by atoms with van der Waals surface area (Å²) in [5, 5.41) is 3.24. The molecular weight excluding hydrogens is 262 g/mol. The molecular formula is C17H35N3O. The van der Waals surface area contributed by atoms with Crippen molar-refractivity contribution in [2.24, 2.45) is 11.1 Å². The summed E-state index contributed by atoms with van der Waals surface area (Å²) >= 11 is 0. The molecule has 4 heteroatoms. The lowest BCUT2D eigenvalue weighted by atomic mass is 9.93. The minimum absolute atomic E-state index is 0.0672. The van der Waals surface area contributed by atoms with Crippen LogP contribution in [0.5, 0.6) is 0 Å². The van der Waals surface area contributed by atoms with Crippen LogP contribution in [-0.2, 0) is 4.79 Å². The Morgan fingerprint density at radius 1 is 1.24 bits per heavy atom. The van der Waals surface area contributed by atoms with Gasteiger partial charge in [-0.15, -0.1) is 0 Å². The summed E-state index contributed by atoms with van der Waals surface area (Å²) in [5.74, 6) is 0.183. The predicted molar refractivity (Wildman–Crippen MR) is 89.2 cm³/mol. The van der Waals surface area contributed by atoms with E-state index in [1.807, 2.05) is 0 Å². The van der Waals surface area contributed by atoms with Crippen molar-refractivity contribution in [1.29, 1.82) is 0 Å². The highest BCUT2D eigenvalue weighted by molar-refractivity contribution is 5.78. The Kier molecular flexibility index (Phi) is 8.27. The second kappa shape index (κ2) is 9.42. The second-order valence-corrected chi connectivity index (χ2v) is 7.33. The standard InChI is InChI=1S/C17H35N3O/c1-4-11-20(14-17(2,3)13-18)12-16(21)19-15-9-7-5-6-8-10-15/h15H,4-14,18H2,1-3H3,(H,19,21). The van der Waals surface area contributed by atoms with Crippen molar-refractivity contribution in [1.82, 2.24) is 10.2 Å². The van der Waals surface area contributed by atoms with Gasteiger partial charge in [-0.1, -0.05) is 46.5 Å². The monoisotopic (exact) mass is 297 g/mol. The fourth-order valence-electron chi connectivity index (χ4n) is 3.10. The van der Waals surface area contributed by atoms with Crippen LogP contribution in [0.25, 0.3) is 0 Å². The van der Waals surface area contributed by atoms with Crippen molar-refractivity contribution in [3.8, 4) is 0 Å². The fraction of sp³-hybridized carbons (Fsp3) is 0.941. The van der Waals surface area contributed by atoms with Crippen molar-refractivity contribution in [3.05, 3.63) is 0 Å². The molecule has 0 spiro atoms. The van der Waals surface area contributed by atoms with E-state index in [9.17, 15) is 4.79 Å². The average Bonchev–Trinajstić information content (AvgIpc) is 2.67. The summed E-state index contributed by atoms with van der Waals surface area (Å²) in [6.07, 6.45) is 8.50. The molecule has 0 heterocycles. The van der Waals surface area contributed by atoms with E-state index in [1.54, 1.807) is 0 Å². The molecule has 0 saturated heterocycles. The molecule has 0 atom stereocenters. The Labute approximate surface area is 130 Å². The van der Waals surface area contributed by atoms with E-state index in [1.165, 1.54) is 25.7 Å². The van der Waals surface area contributed by atoms with Crippen molar-refractivity contribution in [2.75, 3.05) is 26.2 Å². The number of carbonyl (C=O) groups is 1. The fourth-order valence-corrected chi connectivity index (χ4v) is 3.10. The third-order valence-corrected chi connectivity index (χ3v) is 4.33. The summed E-state index contributed by atoms with van der Waals surface area (Å²) in [4.78, 5) is 14.5. The lowest BCUT2D eigenvalue weighted by molar-refractivity contribution is -0.123. The van der Waals surface area contributed by atoms with Gasteiger partial charge in [-0.2, -0.15) is 0 Å². The molecule has 0 aromatic rings. The van der Waals surface area contributed by atoms with Crippen LogP contribution in [0, 0.1) is 5.41 Å². The van der Waals surface area contributed by atoms with Crippen LogP contribution >= 0.6 is 0 Å². The smallest absolute Gasteiger partial charge is 0.234 e. The normalized spacial score (nSPS) is 17.8. The number of hydrogen-bond donors (Lipinski definition) is 2. The lowest BCUT2D eigenvalue weighted by Gasteiger charge is -2.31. The molecule has 0 bridgehead atoms. The molecule has 4 nitrogen and oxygen atoms in total. The van der Waals surface area contributed by atoms with Crippen molar-refractivity contribution in [2.45, 2.75) is 71.8 Å². The van der Waals surface area contributed by atoms with Crippen molar-refractivity contribution < 1.29 is 4.79 Å².